The molecule has 39 heavy (non-hydrogen) atoms. The summed E-state index contributed by atoms with van der Waals surface area (Å²) in [4.78, 5) is 27.6. The van der Waals surface area contributed by atoms with Crippen molar-refractivity contribution < 1.29 is 19.0 Å². The highest BCUT2D eigenvalue weighted by Crippen LogP contribution is 2.33. The van der Waals surface area contributed by atoms with Crippen molar-refractivity contribution in [3.63, 3.8) is 0 Å². The molecule has 8 nitrogen and oxygen atoms in total. The van der Waals surface area contributed by atoms with Gasteiger partial charge in [-0.3, -0.25) is 9.36 Å². The molecule has 3 heterocycles. The lowest BCUT2D eigenvalue weighted by Crippen LogP contribution is -2.40. The Balaban J connectivity index is 1.45. The topological polar surface area (TPSA) is 74.9 Å². The Bertz CT molecular complexity index is 1530. The van der Waals surface area contributed by atoms with Crippen molar-refractivity contribution in [2.24, 2.45) is 0 Å². The molecule has 1 aliphatic heterocycles. The lowest BCUT2D eigenvalue weighted by Gasteiger charge is -2.30. The van der Waals surface area contributed by atoms with Crippen LogP contribution in [0.3, 0.4) is 0 Å². The molecule has 1 aliphatic rings. The zero-order chi connectivity index (χ0) is 27.6. The van der Waals surface area contributed by atoms with E-state index in [1.165, 1.54) is 6.07 Å². The van der Waals surface area contributed by atoms with Crippen LogP contribution in [0.2, 0.25) is 0 Å². The molecule has 0 aliphatic carbocycles. The molecule has 0 bridgehead atoms. The molecule has 0 spiro atoms. The van der Waals surface area contributed by atoms with Crippen LogP contribution in [-0.2, 0) is 35.8 Å². The van der Waals surface area contributed by atoms with Crippen molar-refractivity contribution in [1.29, 1.82) is 0 Å². The highest BCUT2D eigenvalue weighted by Gasteiger charge is 2.29. The first-order valence-corrected chi connectivity index (χ1v) is 13.3. The molecule has 0 N–H and O–H groups in total. The standard InChI is InChI=1S/C31H35N3O5/c1-5-37-21-34-27-14-15-32(30(36)39-31(2,3)4)19-26(27)25-12-11-23(17-28(25)34)33-16-13-24(18-29(33)35)38-20-22-9-7-6-8-10-22/h6-13,16-18H,5,14-15,19-21H2,1-4H3. The van der Waals surface area contributed by atoms with Gasteiger partial charge in [0.2, 0.25) is 0 Å². The maximum atomic E-state index is 13.1. The zero-order valence-electron chi connectivity index (χ0n) is 23.0. The maximum absolute atomic E-state index is 13.1. The Kier molecular flexibility index (Phi) is 7.48. The van der Waals surface area contributed by atoms with E-state index in [1.807, 2.05) is 76.2 Å². The molecule has 2 aromatic carbocycles. The SMILES string of the molecule is CCOCn1c2c(c3ccc(-n4ccc(OCc5ccccc5)cc4=O)cc31)CN(C(=O)OC(C)(C)C)CC2. The molecular formula is C31H35N3O5. The van der Waals surface area contributed by atoms with Crippen LogP contribution in [0.4, 0.5) is 4.79 Å². The van der Waals surface area contributed by atoms with E-state index in [9.17, 15) is 9.59 Å². The number of pyridine rings is 1. The Morgan fingerprint density at radius 3 is 2.54 bits per heavy atom. The van der Waals surface area contributed by atoms with Gasteiger partial charge in [-0.05, 0) is 51.5 Å². The van der Waals surface area contributed by atoms with E-state index in [4.69, 9.17) is 14.2 Å². The van der Waals surface area contributed by atoms with E-state index in [1.54, 1.807) is 21.7 Å². The fraction of sp³-hybridized carbons (Fsp3) is 0.355. The fourth-order valence-electron chi connectivity index (χ4n) is 4.90. The summed E-state index contributed by atoms with van der Waals surface area (Å²) in [6.45, 7) is 10.0. The molecule has 204 valence electrons. The molecule has 8 heteroatoms. The Labute approximate surface area is 228 Å². The molecule has 0 atom stereocenters. The highest BCUT2D eigenvalue weighted by molar-refractivity contribution is 5.88. The number of fused-ring (bicyclic) bond motifs is 3. The van der Waals surface area contributed by atoms with E-state index in [2.05, 4.69) is 4.57 Å². The summed E-state index contributed by atoms with van der Waals surface area (Å²) in [5.74, 6) is 0.526. The quantitative estimate of drug-likeness (QED) is 0.309. The van der Waals surface area contributed by atoms with Gasteiger partial charge >= 0.3 is 6.09 Å². The van der Waals surface area contributed by atoms with Gasteiger partial charge in [0.25, 0.3) is 5.56 Å². The Hall–Kier alpha value is -4.04. The van der Waals surface area contributed by atoms with Crippen LogP contribution in [0.15, 0.2) is 71.7 Å². The molecule has 1 amide bonds. The van der Waals surface area contributed by atoms with Crippen LogP contribution in [0.1, 0.15) is 44.5 Å². The van der Waals surface area contributed by atoms with E-state index < -0.39 is 5.60 Å². The summed E-state index contributed by atoms with van der Waals surface area (Å²) < 4.78 is 21.0. The number of carbonyl (C=O) groups excluding carboxylic acids is 1. The first-order chi connectivity index (χ1) is 18.7. The summed E-state index contributed by atoms with van der Waals surface area (Å²) in [5.41, 5.74) is 4.26. The number of hydrogen-bond donors (Lipinski definition) is 0. The summed E-state index contributed by atoms with van der Waals surface area (Å²) in [6, 6.07) is 19.1. The Morgan fingerprint density at radius 1 is 1.03 bits per heavy atom. The normalized spacial score (nSPS) is 13.4. The molecule has 0 fully saturated rings. The fourth-order valence-corrected chi connectivity index (χ4v) is 4.90. The number of benzene rings is 2. The molecule has 2 aromatic heterocycles. The van der Waals surface area contributed by atoms with E-state index in [0.717, 1.165) is 33.4 Å². The van der Waals surface area contributed by atoms with E-state index in [0.29, 0.717) is 45.2 Å². The van der Waals surface area contributed by atoms with Crippen molar-refractivity contribution >= 4 is 17.0 Å². The lowest BCUT2D eigenvalue weighted by molar-refractivity contribution is 0.0220. The van der Waals surface area contributed by atoms with Crippen molar-refractivity contribution in [1.82, 2.24) is 14.0 Å². The summed E-state index contributed by atoms with van der Waals surface area (Å²) in [5, 5.41) is 1.04. The van der Waals surface area contributed by atoms with Gasteiger partial charge in [-0.2, -0.15) is 0 Å². The molecule has 4 aromatic rings. The van der Waals surface area contributed by atoms with Gasteiger partial charge in [-0.15, -0.1) is 0 Å². The van der Waals surface area contributed by atoms with Crippen molar-refractivity contribution in [3.05, 3.63) is 94.0 Å². The van der Waals surface area contributed by atoms with Gasteiger partial charge in [0, 0.05) is 48.5 Å². The molecule has 0 saturated carbocycles. The van der Waals surface area contributed by atoms with Gasteiger partial charge in [0.1, 0.15) is 24.7 Å². The number of rotatable bonds is 7. The van der Waals surface area contributed by atoms with E-state index >= 15 is 0 Å². The first-order valence-electron chi connectivity index (χ1n) is 13.3. The highest BCUT2D eigenvalue weighted by atomic mass is 16.6. The van der Waals surface area contributed by atoms with Gasteiger partial charge in [0.15, 0.2) is 0 Å². The number of ether oxygens (including phenoxy) is 3. The number of aromatic nitrogens is 2. The van der Waals surface area contributed by atoms with Crippen molar-refractivity contribution in [2.75, 3.05) is 13.2 Å². The largest absolute Gasteiger partial charge is 0.489 e. The molecular weight excluding hydrogens is 494 g/mol. The van der Waals surface area contributed by atoms with Crippen LogP contribution in [0, 0.1) is 0 Å². The van der Waals surface area contributed by atoms with E-state index in [-0.39, 0.29) is 11.7 Å². The number of amides is 1. The zero-order valence-corrected chi connectivity index (χ0v) is 23.0. The van der Waals surface area contributed by atoms with Gasteiger partial charge in [-0.1, -0.05) is 36.4 Å². The molecule has 0 radical (unpaired) electrons. The number of hydrogen-bond acceptors (Lipinski definition) is 5. The molecule has 5 rings (SSSR count). The van der Waals surface area contributed by atoms with Crippen molar-refractivity contribution in [2.45, 2.75) is 59.6 Å². The lowest BCUT2D eigenvalue weighted by atomic mass is 10.0. The summed E-state index contributed by atoms with van der Waals surface area (Å²) in [6.07, 6.45) is 2.12. The first kappa shape index (κ1) is 26.6. The third-order valence-corrected chi connectivity index (χ3v) is 6.73. The predicted molar refractivity (Wildman–Crippen MR) is 150 cm³/mol. The minimum atomic E-state index is -0.551. The van der Waals surface area contributed by atoms with Crippen LogP contribution >= 0.6 is 0 Å². The van der Waals surface area contributed by atoms with Gasteiger partial charge < -0.3 is 23.7 Å². The van der Waals surface area contributed by atoms with Gasteiger partial charge in [-0.25, -0.2) is 4.79 Å². The summed E-state index contributed by atoms with van der Waals surface area (Å²) >= 11 is 0. The second kappa shape index (κ2) is 11.0. The second-order valence-electron chi connectivity index (χ2n) is 10.7. The monoisotopic (exact) mass is 529 g/mol. The average Bonchev–Trinajstić information content (AvgIpc) is 3.22. The van der Waals surface area contributed by atoms with Crippen LogP contribution < -0.4 is 10.3 Å². The van der Waals surface area contributed by atoms with Gasteiger partial charge in [0.05, 0.1) is 17.7 Å². The number of carbonyl (C=O) groups is 1. The minimum Gasteiger partial charge on any atom is -0.489 e. The number of nitrogens with zero attached hydrogens (tertiary/aromatic N) is 3. The molecule has 0 unspecified atom stereocenters. The predicted octanol–water partition coefficient (Wildman–Crippen LogP) is 5.66. The minimum absolute atomic E-state index is 0.177. The third kappa shape index (κ3) is 5.86. The van der Waals surface area contributed by atoms with Crippen molar-refractivity contribution in [3.8, 4) is 11.4 Å². The maximum Gasteiger partial charge on any atom is 0.410 e. The smallest absolute Gasteiger partial charge is 0.410 e. The van der Waals surface area contributed by atoms with Crippen LogP contribution in [0.25, 0.3) is 16.6 Å². The summed E-state index contributed by atoms with van der Waals surface area (Å²) in [7, 11) is 0. The third-order valence-electron chi connectivity index (χ3n) is 6.73. The van der Waals surface area contributed by atoms with Crippen LogP contribution in [-0.4, -0.2) is 38.9 Å². The molecule has 0 saturated heterocycles. The Morgan fingerprint density at radius 2 is 1.82 bits per heavy atom. The van der Waals surface area contributed by atoms with Crippen LogP contribution in [0.5, 0.6) is 5.75 Å². The average molecular weight is 530 g/mol. The second-order valence-corrected chi connectivity index (χ2v) is 10.7.